The summed E-state index contributed by atoms with van der Waals surface area (Å²) in [5.74, 6) is 1.04. The maximum Gasteiger partial charge on any atom is 0.141 e. The molecule has 2 saturated heterocycles. The van der Waals surface area contributed by atoms with Crippen LogP contribution in [0.4, 0.5) is 0 Å². The summed E-state index contributed by atoms with van der Waals surface area (Å²) in [6.45, 7) is 2.87. The van der Waals surface area contributed by atoms with Crippen molar-refractivity contribution in [2.75, 3.05) is 6.61 Å². The number of rotatable bonds is 0. The van der Waals surface area contributed by atoms with Gasteiger partial charge in [0.2, 0.25) is 0 Å². The number of hydrogen-bond acceptors (Lipinski definition) is 2. The zero-order valence-corrected chi connectivity index (χ0v) is 6.72. The Labute approximate surface area is 65.9 Å². The van der Waals surface area contributed by atoms with Crippen molar-refractivity contribution < 1.29 is 9.53 Å². The Hall–Kier alpha value is -0.370. The van der Waals surface area contributed by atoms with Gasteiger partial charge in [0.05, 0.1) is 17.6 Å². The van der Waals surface area contributed by atoms with Gasteiger partial charge in [-0.15, -0.1) is 0 Å². The van der Waals surface area contributed by atoms with Gasteiger partial charge in [-0.1, -0.05) is 0 Å². The fourth-order valence-electron chi connectivity index (χ4n) is 3.40. The van der Waals surface area contributed by atoms with E-state index in [1.54, 1.807) is 0 Å². The van der Waals surface area contributed by atoms with Gasteiger partial charge < -0.3 is 4.74 Å². The first-order valence-corrected chi connectivity index (χ1v) is 4.35. The molecule has 0 radical (unpaired) electrons. The Bertz CT molecular complexity index is 248. The van der Waals surface area contributed by atoms with E-state index in [1.807, 2.05) is 0 Å². The molecule has 0 aromatic carbocycles. The largest absolute Gasteiger partial charge is 0.374 e. The molecule has 0 N–H and O–H groups in total. The predicted molar refractivity (Wildman–Crippen MR) is 39.1 cm³/mol. The van der Waals surface area contributed by atoms with Crippen molar-refractivity contribution >= 4 is 5.78 Å². The number of carbonyl (C=O) groups is 1. The smallest absolute Gasteiger partial charge is 0.141 e. The van der Waals surface area contributed by atoms with Crippen LogP contribution in [0.5, 0.6) is 0 Å². The lowest BCUT2D eigenvalue weighted by Gasteiger charge is -2.45. The van der Waals surface area contributed by atoms with Crippen LogP contribution in [0.3, 0.4) is 0 Å². The van der Waals surface area contributed by atoms with Gasteiger partial charge in [-0.3, -0.25) is 4.79 Å². The molecule has 3 unspecified atom stereocenters. The Morgan fingerprint density at radius 1 is 1.64 bits per heavy atom. The highest BCUT2D eigenvalue weighted by Gasteiger charge is 2.73. The van der Waals surface area contributed by atoms with Crippen LogP contribution >= 0.6 is 0 Å². The van der Waals surface area contributed by atoms with E-state index in [0.29, 0.717) is 18.3 Å². The molecule has 1 spiro atoms. The van der Waals surface area contributed by atoms with Gasteiger partial charge in [-0.05, 0) is 19.8 Å². The van der Waals surface area contributed by atoms with E-state index in [9.17, 15) is 4.79 Å². The normalized spacial score (nSPS) is 59.4. The second-order valence-electron chi connectivity index (χ2n) is 4.45. The van der Waals surface area contributed by atoms with Crippen LogP contribution in [0.15, 0.2) is 0 Å². The number of hydrogen-bond donors (Lipinski definition) is 0. The number of Topliss-reactive ketones (excluding diaryl/α,β-unsaturated/α-hetero) is 1. The Kier molecular flexibility index (Phi) is 0.787. The molecule has 2 heteroatoms. The van der Waals surface area contributed by atoms with Gasteiger partial charge in [0.25, 0.3) is 0 Å². The summed E-state index contributed by atoms with van der Waals surface area (Å²) in [6.07, 6.45) is 2.89. The first-order valence-electron chi connectivity index (χ1n) is 4.35. The van der Waals surface area contributed by atoms with Gasteiger partial charge in [0.15, 0.2) is 0 Å². The van der Waals surface area contributed by atoms with Gasteiger partial charge in [0.1, 0.15) is 5.78 Å². The molecule has 4 rings (SSSR count). The molecular formula is C9H12O2. The first kappa shape index (κ1) is 6.18. The second kappa shape index (κ2) is 1.40. The van der Waals surface area contributed by atoms with Crippen LogP contribution in [0.1, 0.15) is 26.2 Å². The highest BCUT2D eigenvalue weighted by atomic mass is 16.5. The number of ketones is 1. The van der Waals surface area contributed by atoms with Crippen molar-refractivity contribution in [3.8, 4) is 0 Å². The zero-order valence-electron chi connectivity index (χ0n) is 6.72. The summed E-state index contributed by atoms with van der Waals surface area (Å²) in [4.78, 5) is 11.5. The van der Waals surface area contributed by atoms with Crippen molar-refractivity contribution in [3.05, 3.63) is 0 Å². The van der Waals surface area contributed by atoms with E-state index in [2.05, 4.69) is 6.92 Å². The fraction of sp³-hybridized carbons (Fsp3) is 0.889. The van der Waals surface area contributed by atoms with Crippen LogP contribution < -0.4 is 0 Å². The number of ether oxygens (including phenoxy) is 1. The SMILES string of the molecule is CC12CC3(CO1)C(=O)CCC23. The highest BCUT2D eigenvalue weighted by Crippen LogP contribution is 2.67. The molecule has 3 atom stereocenters. The maximum absolute atomic E-state index is 11.5. The van der Waals surface area contributed by atoms with Crippen molar-refractivity contribution in [1.29, 1.82) is 0 Å². The molecule has 0 aromatic rings. The van der Waals surface area contributed by atoms with Crippen LogP contribution in [0.25, 0.3) is 0 Å². The average molecular weight is 152 g/mol. The van der Waals surface area contributed by atoms with Gasteiger partial charge >= 0.3 is 0 Å². The van der Waals surface area contributed by atoms with Crippen molar-refractivity contribution in [2.45, 2.75) is 31.8 Å². The molecule has 2 bridgehead atoms. The summed E-state index contributed by atoms with van der Waals surface area (Å²) in [5, 5.41) is 0. The van der Waals surface area contributed by atoms with E-state index < -0.39 is 0 Å². The molecule has 0 aromatic heterocycles. The highest BCUT2D eigenvalue weighted by molar-refractivity contribution is 5.90. The van der Waals surface area contributed by atoms with Gasteiger partial charge in [0, 0.05) is 12.3 Å². The number of fused-ring (bicyclic) bond motifs is 1. The second-order valence-corrected chi connectivity index (χ2v) is 4.45. The molecule has 2 nitrogen and oxygen atoms in total. The van der Waals surface area contributed by atoms with Gasteiger partial charge in [-0.2, -0.15) is 0 Å². The lowest BCUT2D eigenvalue weighted by molar-refractivity contribution is -0.132. The van der Waals surface area contributed by atoms with E-state index in [1.165, 1.54) is 0 Å². The third-order valence-electron chi connectivity index (χ3n) is 3.95. The van der Waals surface area contributed by atoms with Crippen LogP contribution in [0, 0.1) is 11.3 Å². The lowest BCUT2D eigenvalue weighted by atomic mass is 9.56. The monoisotopic (exact) mass is 152 g/mol. The Balaban J connectivity index is 2.08. The quantitative estimate of drug-likeness (QED) is 0.520. The van der Waals surface area contributed by atoms with Crippen LogP contribution in [0.2, 0.25) is 0 Å². The molecule has 0 amide bonds. The summed E-state index contributed by atoms with van der Waals surface area (Å²) < 4.78 is 5.62. The third-order valence-corrected chi connectivity index (χ3v) is 3.95. The zero-order chi connectivity index (χ0) is 7.69. The molecule has 2 aliphatic carbocycles. The summed E-state index contributed by atoms with van der Waals surface area (Å²) >= 11 is 0. The van der Waals surface area contributed by atoms with Gasteiger partial charge in [-0.25, -0.2) is 0 Å². The van der Waals surface area contributed by atoms with Crippen LogP contribution in [-0.4, -0.2) is 18.0 Å². The maximum atomic E-state index is 11.5. The average Bonchev–Trinajstić information content (AvgIpc) is 2.48. The van der Waals surface area contributed by atoms with Crippen LogP contribution in [-0.2, 0) is 9.53 Å². The van der Waals surface area contributed by atoms with Crippen molar-refractivity contribution in [1.82, 2.24) is 0 Å². The minimum atomic E-state index is 0.00868. The minimum absolute atomic E-state index is 0.00868. The molecule has 2 heterocycles. The molecule has 11 heavy (non-hydrogen) atoms. The molecule has 60 valence electrons. The summed E-state index contributed by atoms with van der Waals surface area (Å²) in [7, 11) is 0. The molecule has 2 saturated carbocycles. The molecule has 4 fully saturated rings. The standard InChI is InChI=1S/C9H12O2/c1-8-4-9(5-11-8)6(8)2-3-7(9)10/h6H,2-5H2,1H3. The Morgan fingerprint density at radius 2 is 2.45 bits per heavy atom. The van der Waals surface area contributed by atoms with Crippen molar-refractivity contribution in [3.63, 3.8) is 0 Å². The minimum Gasteiger partial charge on any atom is -0.374 e. The molecule has 2 aliphatic heterocycles. The van der Waals surface area contributed by atoms with E-state index in [4.69, 9.17) is 4.74 Å². The Morgan fingerprint density at radius 3 is 3.09 bits per heavy atom. The number of carbonyl (C=O) groups excluding carboxylic acids is 1. The van der Waals surface area contributed by atoms with E-state index in [-0.39, 0.29) is 11.0 Å². The molecular weight excluding hydrogens is 140 g/mol. The predicted octanol–water partition coefficient (Wildman–Crippen LogP) is 1.14. The summed E-state index contributed by atoms with van der Waals surface area (Å²) in [5.41, 5.74) is 0.0981. The summed E-state index contributed by atoms with van der Waals surface area (Å²) in [6, 6.07) is 0. The topological polar surface area (TPSA) is 26.3 Å². The first-order chi connectivity index (χ1) is 5.17. The van der Waals surface area contributed by atoms with E-state index >= 15 is 0 Å². The van der Waals surface area contributed by atoms with Crippen molar-refractivity contribution in [2.24, 2.45) is 11.3 Å². The fourth-order valence-corrected chi connectivity index (χ4v) is 3.40. The van der Waals surface area contributed by atoms with E-state index in [0.717, 1.165) is 19.3 Å². The lowest BCUT2D eigenvalue weighted by Crippen LogP contribution is -2.52. The molecule has 4 aliphatic rings. The third kappa shape index (κ3) is 0.442.